The first-order valence-electron chi connectivity index (χ1n) is 6.74. The van der Waals surface area contributed by atoms with Gasteiger partial charge in [-0.15, -0.1) is 0 Å². The zero-order chi connectivity index (χ0) is 12.4. The minimum absolute atomic E-state index is 0.0870. The third kappa shape index (κ3) is 2.75. The van der Waals surface area contributed by atoms with Crippen molar-refractivity contribution in [1.29, 1.82) is 0 Å². The molecular weight excluding hydrogens is 226 g/mol. The maximum absolute atomic E-state index is 11.7. The Labute approximate surface area is 107 Å². The molecule has 0 bridgehead atoms. The van der Waals surface area contributed by atoms with Crippen molar-refractivity contribution < 1.29 is 4.79 Å². The molecule has 4 nitrogen and oxygen atoms in total. The van der Waals surface area contributed by atoms with Crippen LogP contribution >= 0.6 is 0 Å². The van der Waals surface area contributed by atoms with Crippen LogP contribution in [-0.2, 0) is 0 Å². The molecule has 0 radical (unpaired) electrons. The highest BCUT2D eigenvalue weighted by Gasteiger charge is 2.23. The lowest BCUT2D eigenvalue weighted by Gasteiger charge is -2.18. The van der Waals surface area contributed by atoms with Crippen LogP contribution in [0.2, 0.25) is 0 Å². The quantitative estimate of drug-likeness (QED) is 0.859. The fourth-order valence-corrected chi connectivity index (χ4v) is 2.34. The number of amides is 2. The monoisotopic (exact) mass is 245 g/mol. The maximum atomic E-state index is 11.7. The molecule has 96 valence electrons. The van der Waals surface area contributed by atoms with E-state index in [2.05, 4.69) is 27.7 Å². The average molecular weight is 245 g/mol. The molecule has 18 heavy (non-hydrogen) atoms. The number of carbonyl (C=O) groups is 1. The Morgan fingerprint density at radius 2 is 2.00 bits per heavy atom. The van der Waals surface area contributed by atoms with E-state index in [0.717, 1.165) is 31.6 Å². The van der Waals surface area contributed by atoms with Crippen LogP contribution in [0.5, 0.6) is 0 Å². The van der Waals surface area contributed by atoms with Crippen molar-refractivity contribution >= 4 is 17.4 Å². The lowest BCUT2D eigenvalue weighted by Crippen LogP contribution is -2.30. The summed E-state index contributed by atoms with van der Waals surface area (Å²) in [6.45, 7) is 2.25. The average Bonchev–Trinajstić information content (AvgIpc) is 3.00. The highest BCUT2D eigenvalue weighted by Crippen LogP contribution is 2.23. The number of urea groups is 1. The molecular formula is C14H19N3O. The SMILES string of the molecule is O=C(Nc1cccc(N2CCCC2)c1)NC1CC1. The van der Waals surface area contributed by atoms with E-state index < -0.39 is 0 Å². The van der Waals surface area contributed by atoms with Gasteiger partial charge in [-0.2, -0.15) is 0 Å². The Kier molecular flexibility index (Phi) is 3.09. The van der Waals surface area contributed by atoms with E-state index in [-0.39, 0.29) is 6.03 Å². The van der Waals surface area contributed by atoms with Crippen molar-refractivity contribution in [3.05, 3.63) is 24.3 Å². The number of benzene rings is 1. The van der Waals surface area contributed by atoms with Crippen LogP contribution in [0.4, 0.5) is 16.2 Å². The Hall–Kier alpha value is -1.71. The van der Waals surface area contributed by atoms with Gasteiger partial charge >= 0.3 is 6.03 Å². The summed E-state index contributed by atoms with van der Waals surface area (Å²) < 4.78 is 0. The second kappa shape index (κ2) is 4.88. The lowest BCUT2D eigenvalue weighted by molar-refractivity contribution is 0.251. The molecule has 0 atom stereocenters. The van der Waals surface area contributed by atoms with Gasteiger partial charge in [0.05, 0.1) is 0 Å². The van der Waals surface area contributed by atoms with E-state index in [1.165, 1.54) is 18.5 Å². The van der Waals surface area contributed by atoms with E-state index in [0.29, 0.717) is 6.04 Å². The third-order valence-corrected chi connectivity index (χ3v) is 3.49. The van der Waals surface area contributed by atoms with Gasteiger partial charge in [0.15, 0.2) is 0 Å². The molecule has 1 saturated carbocycles. The predicted molar refractivity (Wildman–Crippen MR) is 73.1 cm³/mol. The highest BCUT2D eigenvalue weighted by atomic mass is 16.2. The number of nitrogens with one attached hydrogen (secondary N) is 2. The van der Waals surface area contributed by atoms with Crippen molar-refractivity contribution in [3.63, 3.8) is 0 Å². The number of carbonyl (C=O) groups excluding carboxylic acids is 1. The van der Waals surface area contributed by atoms with E-state index in [1.807, 2.05) is 12.1 Å². The Balaban J connectivity index is 1.63. The maximum Gasteiger partial charge on any atom is 0.319 e. The fourth-order valence-electron chi connectivity index (χ4n) is 2.34. The van der Waals surface area contributed by atoms with Gasteiger partial charge in [0.25, 0.3) is 0 Å². The van der Waals surface area contributed by atoms with Crippen LogP contribution in [0.1, 0.15) is 25.7 Å². The van der Waals surface area contributed by atoms with Crippen molar-refractivity contribution in [2.75, 3.05) is 23.3 Å². The third-order valence-electron chi connectivity index (χ3n) is 3.49. The zero-order valence-electron chi connectivity index (χ0n) is 10.5. The molecule has 0 unspecified atom stereocenters. The first kappa shape index (κ1) is 11.4. The van der Waals surface area contributed by atoms with Gasteiger partial charge < -0.3 is 15.5 Å². The summed E-state index contributed by atoms with van der Waals surface area (Å²) in [7, 11) is 0. The summed E-state index contributed by atoms with van der Waals surface area (Å²) in [5.74, 6) is 0. The van der Waals surface area contributed by atoms with E-state index in [4.69, 9.17) is 0 Å². The summed E-state index contributed by atoms with van der Waals surface area (Å²) >= 11 is 0. The summed E-state index contributed by atoms with van der Waals surface area (Å²) in [5, 5.41) is 5.83. The lowest BCUT2D eigenvalue weighted by atomic mass is 10.2. The standard InChI is InChI=1S/C14H19N3O/c18-14(15-11-6-7-11)16-12-4-3-5-13(10-12)17-8-1-2-9-17/h3-5,10-11H,1-2,6-9H2,(H2,15,16,18). The first-order chi connectivity index (χ1) is 8.81. The topological polar surface area (TPSA) is 44.4 Å². The molecule has 2 aliphatic rings. The predicted octanol–water partition coefficient (Wildman–Crippen LogP) is 2.57. The smallest absolute Gasteiger partial charge is 0.319 e. The Bertz CT molecular complexity index is 436. The molecule has 1 saturated heterocycles. The Morgan fingerprint density at radius 3 is 2.72 bits per heavy atom. The van der Waals surface area contributed by atoms with Crippen LogP contribution in [0.25, 0.3) is 0 Å². The van der Waals surface area contributed by atoms with Crippen LogP contribution in [-0.4, -0.2) is 25.2 Å². The molecule has 1 aliphatic carbocycles. The fraction of sp³-hybridized carbons (Fsp3) is 0.500. The summed E-state index contributed by atoms with van der Waals surface area (Å²) in [5.41, 5.74) is 2.08. The van der Waals surface area contributed by atoms with Gasteiger partial charge in [-0.25, -0.2) is 4.79 Å². The van der Waals surface area contributed by atoms with Gasteiger partial charge in [-0.3, -0.25) is 0 Å². The van der Waals surface area contributed by atoms with Gasteiger partial charge in [0.2, 0.25) is 0 Å². The number of hydrogen-bond acceptors (Lipinski definition) is 2. The molecule has 1 heterocycles. The normalized spacial score (nSPS) is 18.8. The van der Waals surface area contributed by atoms with Crippen molar-refractivity contribution in [2.24, 2.45) is 0 Å². The summed E-state index contributed by atoms with van der Waals surface area (Å²) in [6.07, 6.45) is 4.75. The number of anilines is 2. The Morgan fingerprint density at radius 1 is 1.22 bits per heavy atom. The van der Waals surface area contributed by atoms with E-state index in [1.54, 1.807) is 0 Å². The van der Waals surface area contributed by atoms with Crippen molar-refractivity contribution in [1.82, 2.24) is 5.32 Å². The summed E-state index contributed by atoms with van der Waals surface area (Å²) in [4.78, 5) is 14.0. The van der Waals surface area contributed by atoms with Crippen LogP contribution in [0, 0.1) is 0 Å². The number of hydrogen-bond donors (Lipinski definition) is 2. The van der Waals surface area contributed by atoms with Gasteiger partial charge in [0.1, 0.15) is 0 Å². The minimum Gasteiger partial charge on any atom is -0.371 e. The molecule has 1 aromatic rings. The first-order valence-corrected chi connectivity index (χ1v) is 6.74. The molecule has 1 aromatic carbocycles. The molecule has 0 aromatic heterocycles. The van der Waals surface area contributed by atoms with Gasteiger partial charge in [0, 0.05) is 30.5 Å². The molecule has 2 fully saturated rings. The van der Waals surface area contributed by atoms with Gasteiger partial charge in [-0.05, 0) is 43.9 Å². The zero-order valence-corrected chi connectivity index (χ0v) is 10.5. The second-order valence-corrected chi connectivity index (χ2v) is 5.12. The highest BCUT2D eigenvalue weighted by molar-refractivity contribution is 5.90. The molecule has 0 spiro atoms. The van der Waals surface area contributed by atoms with Crippen molar-refractivity contribution in [3.8, 4) is 0 Å². The molecule has 2 amide bonds. The largest absolute Gasteiger partial charge is 0.371 e. The number of rotatable bonds is 3. The van der Waals surface area contributed by atoms with Gasteiger partial charge in [-0.1, -0.05) is 6.07 Å². The minimum atomic E-state index is -0.0870. The van der Waals surface area contributed by atoms with Crippen LogP contribution < -0.4 is 15.5 Å². The molecule has 2 N–H and O–H groups in total. The second-order valence-electron chi connectivity index (χ2n) is 5.12. The van der Waals surface area contributed by atoms with Crippen LogP contribution in [0.3, 0.4) is 0 Å². The summed E-state index contributed by atoms with van der Waals surface area (Å²) in [6, 6.07) is 8.40. The molecule has 4 heteroatoms. The van der Waals surface area contributed by atoms with E-state index in [9.17, 15) is 4.79 Å². The number of nitrogens with zero attached hydrogens (tertiary/aromatic N) is 1. The van der Waals surface area contributed by atoms with Crippen LogP contribution in [0.15, 0.2) is 24.3 Å². The van der Waals surface area contributed by atoms with Crippen molar-refractivity contribution in [2.45, 2.75) is 31.7 Å². The van der Waals surface area contributed by atoms with E-state index >= 15 is 0 Å². The molecule has 1 aliphatic heterocycles. The molecule has 3 rings (SSSR count).